The molecule has 1 heterocycles. The molecule has 0 saturated carbocycles. The molecule has 1 saturated heterocycles. The molecule has 0 radical (unpaired) electrons. The van der Waals surface area contributed by atoms with Gasteiger partial charge in [0.15, 0.2) is 0 Å². The van der Waals surface area contributed by atoms with Crippen LogP contribution in [0.5, 0.6) is 0 Å². The van der Waals surface area contributed by atoms with Crippen LogP contribution in [0.15, 0.2) is 0 Å². The van der Waals surface area contributed by atoms with Crippen molar-refractivity contribution < 1.29 is 21.9 Å². The molecule has 1 aliphatic heterocycles. The molecular weight excluding hydrogens is 213 g/mol. The van der Waals surface area contributed by atoms with Crippen molar-refractivity contribution in [1.29, 1.82) is 0 Å². The number of halogens is 2. The standard InChI is InChI=1S/C6H13BF2N2O2S/c1-14(12,13)11-4-2-10(3-5-11)6-7(8)9/h2-6H2,1H3/p+1. The Morgan fingerprint density at radius 3 is 2.21 bits per heavy atom. The third-order valence-corrected chi connectivity index (χ3v) is 3.64. The van der Waals surface area contributed by atoms with E-state index in [1.807, 2.05) is 0 Å². The van der Waals surface area contributed by atoms with Crippen LogP contribution < -0.4 is 4.90 Å². The quantitative estimate of drug-likeness (QED) is 0.573. The van der Waals surface area contributed by atoms with E-state index in [1.165, 1.54) is 4.31 Å². The molecule has 1 N–H and O–H groups in total. The number of piperazine rings is 1. The lowest BCUT2D eigenvalue weighted by molar-refractivity contribution is -0.894. The molecule has 82 valence electrons. The number of quaternary nitrogens is 1. The van der Waals surface area contributed by atoms with Gasteiger partial charge in [-0.1, -0.05) is 0 Å². The topological polar surface area (TPSA) is 41.8 Å². The number of hydrogen-bond donors (Lipinski definition) is 1. The minimum Gasteiger partial charge on any atom is -0.334 e. The van der Waals surface area contributed by atoms with Gasteiger partial charge >= 0.3 is 7.27 Å². The first-order valence-electron chi connectivity index (χ1n) is 4.46. The summed E-state index contributed by atoms with van der Waals surface area (Å²) in [5.41, 5.74) is 0. The number of nitrogens with zero attached hydrogens (tertiary/aromatic N) is 1. The molecule has 8 heteroatoms. The average molecular weight is 227 g/mol. The van der Waals surface area contributed by atoms with E-state index >= 15 is 0 Å². The summed E-state index contributed by atoms with van der Waals surface area (Å²) in [5, 5.41) is 0. The zero-order valence-corrected chi connectivity index (χ0v) is 8.86. The maximum absolute atomic E-state index is 12.0. The van der Waals surface area contributed by atoms with Crippen LogP contribution in [0.25, 0.3) is 0 Å². The highest BCUT2D eigenvalue weighted by Crippen LogP contribution is 1.96. The molecule has 4 nitrogen and oxygen atoms in total. The fourth-order valence-electron chi connectivity index (χ4n) is 1.56. The zero-order valence-electron chi connectivity index (χ0n) is 8.04. The van der Waals surface area contributed by atoms with E-state index in [2.05, 4.69) is 0 Å². The monoisotopic (exact) mass is 227 g/mol. The van der Waals surface area contributed by atoms with Crippen LogP contribution in [0.2, 0.25) is 0 Å². The predicted molar refractivity (Wildman–Crippen MR) is 50.0 cm³/mol. The number of nitrogens with one attached hydrogen (secondary N) is 1. The minimum atomic E-state index is -3.15. The molecule has 0 spiro atoms. The van der Waals surface area contributed by atoms with Crippen molar-refractivity contribution in [3.8, 4) is 0 Å². The van der Waals surface area contributed by atoms with Gasteiger partial charge in [-0.05, 0) is 0 Å². The second-order valence-corrected chi connectivity index (χ2v) is 5.49. The smallest absolute Gasteiger partial charge is 0.334 e. The Bertz CT molecular complexity index is 278. The van der Waals surface area contributed by atoms with Crippen LogP contribution in [-0.4, -0.2) is 58.9 Å². The molecular formula is C6H14BF2N2O2S+. The molecule has 1 rings (SSSR count). The van der Waals surface area contributed by atoms with Crippen LogP contribution >= 0.6 is 0 Å². The highest BCUT2D eigenvalue weighted by Gasteiger charge is 2.29. The fourth-order valence-corrected chi connectivity index (χ4v) is 2.40. The van der Waals surface area contributed by atoms with Crippen LogP contribution in [0, 0.1) is 0 Å². The molecule has 0 amide bonds. The molecule has 0 aromatic heterocycles. The van der Waals surface area contributed by atoms with Gasteiger partial charge in [-0.3, -0.25) is 8.63 Å². The van der Waals surface area contributed by atoms with Crippen molar-refractivity contribution in [2.45, 2.75) is 0 Å². The Balaban J connectivity index is 2.39. The third kappa shape index (κ3) is 3.51. The summed E-state index contributed by atoms with van der Waals surface area (Å²) in [7, 11) is -5.46. The van der Waals surface area contributed by atoms with E-state index in [9.17, 15) is 17.0 Å². The Kier molecular flexibility index (Phi) is 3.85. The van der Waals surface area contributed by atoms with Crippen LogP contribution in [0.4, 0.5) is 8.63 Å². The molecule has 0 unspecified atom stereocenters. The second kappa shape index (κ2) is 4.54. The van der Waals surface area contributed by atoms with Gasteiger partial charge in [0.1, 0.15) is 6.44 Å². The van der Waals surface area contributed by atoms with Gasteiger partial charge in [0.25, 0.3) is 0 Å². The molecule has 0 bridgehead atoms. The summed E-state index contributed by atoms with van der Waals surface area (Å²) in [4.78, 5) is 0.778. The van der Waals surface area contributed by atoms with Crippen LogP contribution in [0.3, 0.4) is 0 Å². The van der Waals surface area contributed by atoms with Crippen molar-refractivity contribution in [2.24, 2.45) is 0 Å². The van der Waals surface area contributed by atoms with Gasteiger partial charge in [0.05, 0.1) is 32.4 Å². The van der Waals surface area contributed by atoms with Crippen LogP contribution in [-0.2, 0) is 10.0 Å². The largest absolute Gasteiger partial charge is 0.592 e. The Hall–Kier alpha value is -0.205. The van der Waals surface area contributed by atoms with E-state index in [1.54, 1.807) is 0 Å². The highest BCUT2D eigenvalue weighted by atomic mass is 32.2. The summed E-state index contributed by atoms with van der Waals surface area (Å²) in [6, 6.07) is 0. The predicted octanol–water partition coefficient (Wildman–Crippen LogP) is -1.89. The Morgan fingerprint density at radius 1 is 1.36 bits per heavy atom. The Morgan fingerprint density at radius 2 is 1.86 bits per heavy atom. The number of sulfonamides is 1. The first-order chi connectivity index (χ1) is 6.39. The van der Waals surface area contributed by atoms with Gasteiger partial charge in [-0.25, -0.2) is 8.42 Å². The van der Waals surface area contributed by atoms with Crippen LogP contribution in [0.1, 0.15) is 0 Å². The molecule has 0 aromatic rings. The van der Waals surface area contributed by atoms with E-state index in [0.29, 0.717) is 26.2 Å². The zero-order chi connectivity index (χ0) is 10.8. The van der Waals surface area contributed by atoms with E-state index in [-0.39, 0.29) is 6.44 Å². The number of rotatable bonds is 3. The molecule has 0 aromatic carbocycles. The van der Waals surface area contributed by atoms with Crippen molar-refractivity contribution in [3.63, 3.8) is 0 Å². The lowest BCUT2D eigenvalue weighted by Gasteiger charge is -2.29. The third-order valence-electron chi connectivity index (χ3n) is 2.34. The lowest BCUT2D eigenvalue weighted by atomic mass is 9.98. The minimum absolute atomic E-state index is 0.183. The molecule has 0 atom stereocenters. The summed E-state index contributed by atoms with van der Waals surface area (Å²) < 4.78 is 47.5. The fraction of sp³-hybridized carbons (Fsp3) is 1.00. The van der Waals surface area contributed by atoms with Gasteiger partial charge in [-0.15, -0.1) is 0 Å². The SMILES string of the molecule is CS(=O)(=O)N1CC[NH+](CB(F)F)CC1. The number of hydrogen-bond acceptors (Lipinski definition) is 2. The molecule has 1 aliphatic rings. The van der Waals surface area contributed by atoms with Crippen molar-refractivity contribution in [3.05, 3.63) is 0 Å². The van der Waals surface area contributed by atoms with E-state index < -0.39 is 17.3 Å². The first kappa shape index (κ1) is 11.9. The molecule has 14 heavy (non-hydrogen) atoms. The molecule has 1 fully saturated rings. The summed E-state index contributed by atoms with van der Waals surface area (Å²) in [6.45, 7) is 1.64. The summed E-state index contributed by atoms with van der Waals surface area (Å²) >= 11 is 0. The Labute approximate surface area is 83.1 Å². The van der Waals surface area contributed by atoms with Crippen molar-refractivity contribution >= 4 is 17.3 Å². The van der Waals surface area contributed by atoms with E-state index in [4.69, 9.17) is 0 Å². The highest BCUT2D eigenvalue weighted by molar-refractivity contribution is 7.88. The maximum atomic E-state index is 12.0. The summed E-state index contributed by atoms with van der Waals surface area (Å²) in [5.74, 6) is 0. The van der Waals surface area contributed by atoms with Gasteiger partial charge < -0.3 is 4.90 Å². The van der Waals surface area contributed by atoms with Crippen molar-refractivity contribution in [1.82, 2.24) is 4.31 Å². The second-order valence-electron chi connectivity index (χ2n) is 3.51. The van der Waals surface area contributed by atoms with E-state index in [0.717, 1.165) is 11.2 Å². The first-order valence-corrected chi connectivity index (χ1v) is 6.31. The van der Waals surface area contributed by atoms with Gasteiger partial charge in [-0.2, -0.15) is 4.31 Å². The average Bonchev–Trinajstić information content (AvgIpc) is 2.02. The van der Waals surface area contributed by atoms with Gasteiger partial charge in [0, 0.05) is 0 Å². The summed E-state index contributed by atoms with van der Waals surface area (Å²) in [6.07, 6.45) is 0.961. The lowest BCUT2D eigenvalue weighted by Crippen LogP contribution is -3.15. The molecule has 0 aliphatic carbocycles. The maximum Gasteiger partial charge on any atom is 0.592 e. The normalized spacial score (nSPS) is 21.1. The van der Waals surface area contributed by atoms with Gasteiger partial charge in [0.2, 0.25) is 10.0 Å². The van der Waals surface area contributed by atoms with Crippen molar-refractivity contribution in [2.75, 3.05) is 38.9 Å².